The van der Waals surface area contributed by atoms with Gasteiger partial charge in [-0.2, -0.15) is 0 Å². The molecule has 4 rings (SSSR count). The maximum atomic E-state index is 14.2. The number of carbonyl (C=O) groups is 3. The van der Waals surface area contributed by atoms with E-state index in [-0.39, 0.29) is 36.2 Å². The topological polar surface area (TPSA) is 117 Å². The highest BCUT2D eigenvalue weighted by Gasteiger charge is 2.80. The van der Waals surface area contributed by atoms with Crippen LogP contribution in [0.1, 0.15) is 60.8 Å². The van der Waals surface area contributed by atoms with Crippen LogP contribution in [0.3, 0.4) is 0 Å². The Morgan fingerprint density at radius 2 is 1.89 bits per heavy atom. The summed E-state index contributed by atoms with van der Waals surface area (Å²) in [4.78, 5) is 43.3. The van der Waals surface area contributed by atoms with Crippen molar-refractivity contribution >= 4 is 23.4 Å². The third kappa shape index (κ3) is 4.47. The van der Waals surface area contributed by atoms with E-state index in [1.807, 2.05) is 41.5 Å². The highest BCUT2D eigenvalue weighted by Crippen LogP contribution is 2.65. The maximum Gasteiger partial charge on any atom is 0.245 e. The second-order valence-electron chi connectivity index (χ2n) is 11.5. The number of likely N-dealkylation sites (tertiary alicyclic amines) is 1. The second kappa shape index (κ2) is 10.8. The van der Waals surface area contributed by atoms with Gasteiger partial charge < -0.3 is 30.1 Å². The van der Waals surface area contributed by atoms with Crippen molar-refractivity contribution in [2.24, 2.45) is 23.7 Å². The minimum Gasteiger partial charge on any atom is -0.494 e. The number of hydrogen-bond donors (Lipinski definition) is 3. The molecule has 3 aliphatic rings. The average Bonchev–Trinajstić information content (AvgIpc) is 3.38. The van der Waals surface area contributed by atoms with Crippen LogP contribution in [-0.4, -0.2) is 70.8 Å². The lowest BCUT2D eigenvalue weighted by atomic mass is 9.62. The first kappa shape index (κ1) is 28.4. The predicted molar refractivity (Wildman–Crippen MR) is 143 cm³/mol. The number of benzene rings is 1. The zero-order chi connectivity index (χ0) is 27.8. The maximum absolute atomic E-state index is 14.2. The molecule has 0 aliphatic carbocycles. The zero-order valence-corrected chi connectivity index (χ0v) is 23.5. The summed E-state index contributed by atoms with van der Waals surface area (Å²) in [5.74, 6) is -1.93. The number of nitrogens with one attached hydrogen (secondary N) is 2. The normalized spacial score (nSPS) is 32.4. The van der Waals surface area contributed by atoms with Gasteiger partial charge in [0.2, 0.25) is 17.7 Å². The Hall–Kier alpha value is -2.65. The van der Waals surface area contributed by atoms with Gasteiger partial charge in [0.1, 0.15) is 17.4 Å². The van der Waals surface area contributed by atoms with E-state index in [4.69, 9.17) is 9.47 Å². The SMILES string of the molecule is CCCCNC(=O)C1N([C@@H](CO)C(C)C)C(=O)[C@@H]2[C@H](C(=O)Nc3ccc(OCC)cc3)[C@@]3(C)OC12CC3C. The zero-order valence-electron chi connectivity index (χ0n) is 23.5. The van der Waals surface area contributed by atoms with Gasteiger partial charge in [-0.25, -0.2) is 0 Å². The van der Waals surface area contributed by atoms with Crippen LogP contribution in [0.2, 0.25) is 0 Å². The molecule has 0 aromatic heterocycles. The van der Waals surface area contributed by atoms with Gasteiger partial charge in [-0.05, 0) is 62.8 Å². The molecule has 7 atom stereocenters. The smallest absolute Gasteiger partial charge is 0.245 e. The molecule has 3 fully saturated rings. The molecule has 3 amide bonds. The molecular formula is C29H43N3O6. The van der Waals surface area contributed by atoms with Gasteiger partial charge in [-0.15, -0.1) is 0 Å². The number of aliphatic hydroxyl groups is 1. The Morgan fingerprint density at radius 1 is 1.21 bits per heavy atom. The Morgan fingerprint density at radius 3 is 2.47 bits per heavy atom. The monoisotopic (exact) mass is 529 g/mol. The van der Waals surface area contributed by atoms with Crippen molar-refractivity contribution in [2.75, 3.05) is 25.1 Å². The molecule has 1 aromatic carbocycles. The molecular weight excluding hydrogens is 486 g/mol. The lowest BCUT2D eigenvalue weighted by Crippen LogP contribution is -2.59. The first-order valence-corrected chi connectivity index (χ1v) is 14.0. The molecule has 38 heavy (non-hydrogen) atoms. The number of rotatable bonds is 11. The van der Waals surface area contributed by atoms with Crippen LogP contribution in [0, 0.1) is 23.7 Å². The lowest BCUT2D eigenvalue weighted by Gasteiger charge is -2.38. The van der Waals surface area contributed by atoms with Gasteiger partial charge in [-0.1, -0.05) is 34.1 Å². The van der Waals surface area contributed by atoms with Crippen molar-refractivity contribution in [3.63, 3.8) is 0 Å². The van der Waals surface area contributed by atoms with E-state index in [9.17, 15) is 19.5 Å². The number of unbranched alkanes of at least 4 members (excludes halogenated alkanes) is 1. The molecule has 3 heterocycles. The largest absolute Gasteiger partial charge is 0.494 e. The molecule has 3 N–H and O–H groups in total. The summed E-state index contributed by atoms with van der Waals surface area (Å²) >= 11 is 0. The summed E-state index contributed by atoms with van der Waals surface area (Å²) < 4.78 is 12.2. The van der Waals surface area contributed by atoms with E-state index in [1.165, 1.54) is 4.90 Å². The van der Waals surface area contributed by atoms with E-state index < -0.39 is 35.1 Å². The number of carbonyl (C=O) groups excluding carboxylic acids is 3. The van der Waals surface area contributed by atoms with Crippen molar-refractivity contribution in [3.05, 3.63) is 24.3 Å². The van der Waals surface area contributed by atoms with Gasteiger partial charge in [0.25, 0.3) is 0 Å². The van der Waals surface area contributed by atoms with Crippen LogP contribution in [0.5, 0.6) is 5.75 Å². The Balaban J connectivity index is 1.71. The summed E-state index contributed by atoms with van der Waals surface area (Å²) in [6.45, 7) is 12.5. The summed E-state index contributed by atoms with van der Waals surface area (Å²) in [7, 11) is 0. The lowest BCUT2D eigenvalue weighted by molar-refractivity contribution is -0.151. The standard InChI is InChI=1S/C29H43N3O6/c1-7-9-14-30-26(35)24-29-15-18(5)28(6,38-29)22(23(29)27(36)32(24)21(16-33)17(3)4)25(34)31-19-10-12-20(13-11-19)37-8-2/h10-13,17-18,21-24,33H,7-9,14-16H2,1-6H3,(H,30,35)(H,31,34)/t18?,21-,22+,23-,24?,28-,29?/m0/s1. The molecule has 210 valence electrons. The fraction of sp³-hybridized carbons (Fsp3) is 0.690. The second-order valence-corrected chi connectivity index (χ2v) is 11.5. The number of aliphatic hydroxyl groups excluding tert-OH is 1. The van der Waals surface area contributed by atoms with Crippen LogP contribution in [0.25, 0.3) is 0 Å². The fourth-order valence-electron chi connectivity index (χ4n) is 6.86. The number of nitrogens with zero attached hydrogens (tertiary/aromatic N) is 1. The molecule has 2 bridgehead atoms. The van der Waals surface area contributed by atoms with Crippen molar-refractivity contribution in [1.82, 2.24) is 10.2 Å². The fourth-order valence-corrected chi connectivity index (χ4v) is 6.86. The van der Waals surface area contributed by atoms with Crippen LogP contribution >= 0.6 is 0 Å². The number of anilines is 1. The summed E-state index contributed by atoms with van der Waals surface area (Å²) in [6, 6.07) is 5.64. The summed E-state index contributed by atoms with van der Waals surface area (Å²) in [5.41, 5.74) is -1.45. The Kier molecular flexibility index (Phi) is 8.09. The highest BCUT2D eigenvalue weighted by molar-refractivity contribution is 6.02. The molecule has 3 saturated heterocycles. The molecule has 3 unspecified atom stereocenters. The predicted octanol–water partition coefficient (Wildman–Crippen LogP) is 2.97. The third-order valence-electron chi connectivity index (χ3n) is 8.86. The van der Waals surface area contributed by atoms with Gasteiger partial charge >= 0.3 is 0 Å². The first-order valence-electron chi connectivity index (χ1n) is 14.0. The molecule has 0 saturated carbocycles. The van der Waals surface area contributed by atoms with E-state index in [0.717, 1.165) is 12.8 Å². The molecule has 9 heteroatoms. The van der Waals surface area contributed by atoms with Crippen molar-refractivity contribution < 1.29 is 29.0 Å². The highest BCUT2D eigenvalue weighted by atomic mass is 16.5. The van der Waals surface area contributed by atoms with Gasteiger partial charge in [0, 0.05) is 12.2 Å². The molecule has 1 spiro atoms. The number of fused-ring (bicyclic) bond motifs is 1. The Bertz CT molecular complexity index is 1050. The average molecular weight is 530 g/mol. The Labute approximate surface area is 225 Å². The van der Waals surface area contributed by atoms with Gasteiger partial charge in [0.15, 0.2) is 0 Å². The van der Waals surface area contributed by atoms with Gasteiger partial charge in [-0.3, -0.25) is 14.4 Å². The first-order chi connectivity index (χ1) is 18.0. The quantitative estimate of drug-likeness (QED) is 0.380. The molecule has 9 nitrogen and oxygen atoms in total. The summed E-state index contributed by atoms with van der Waals surface area (Å²) in [5, 5.41) is 16.3. The molecule has 0 radical (unpaired) electrons. The van der Waals surface area contributed by atoms with Gasteiger partial charge in [0.05, 0.1) is 36.7 Å². The molecule has 3 aliphatic heterocycles. The van der Waals surface area contributed by atoms with Crippen LogP contribution in [0.4, 0.5) is 5.69 Å². The molecule has 1 aromatic rings. The number of ether oxygens (including phenoxy) is 2. The number of amides is 3. The van der Waals surface area contributed by atoms with Crippen LogP contribution in [0.15, 0.2) is 24.3 Å². The van der Waals surface area contributed by atoms with E-state index in [2.05, 4.69) is 10.6 Å². The number of hydrogen-bond acceptors (Lipinski definition) is 6. The van der Waals surface area contributed by atoms with Crippen molar-refractivity contribution in [2.45, 2.75) is 84.1 Å². The van der Waals surface area contributed by atoms with Crippen molar-refractivity contribution in [3.8, 4) is 5.75 Å². The van der Waals surface area contributed by atoms with Crippen LogP contribution < -0.4 is 15.4 Å². The van der Waals surface area contributed by atoms with Crippen LogP contribution in [-0.2, 0) is 19.1 Å². The van der Waals surface area contributed by atoms with E-state index in [0.29, 0.717) is 31.0 Å². The van der Waals surface area contributed by atoms with E-state index in [1.54, 1.807) is 24.3 Å². The summed E-state index contributed by atoms with van der Waals surface area (Å²) in [6.07, 6.45) is 2.23. The third-order valence-corrected chi connectivity index (χ3v) is 8.86. The van der Waals surface area contributed by atoms with E-state index >= 15 is 0 Å². The minimum atomic E-state index is -1.13. The minimum absolute atomic E-state index is 0.0554. The van der Waals surface area contributed by atoms with Crippen molar-refractivity contribution in [1.29, 1.82) is 0 Å².